The van der Waals surface area contributed by atoms with Crippen LogP contribution in [-0.4, -0.2) is 43.5 Å². The van der Waals surface area contributed by atoms with Gasteiger partial charge in [-0.15, -0.1) is 0 Å². The SMILES string of the molecule is Cc1cc2nc(C3CCN(C(=O)Cc4cccnc4)CC3)cc(C)n2n1. The molecular formula is C20H23N5O. The number of nitrogens with zero attached hydrogens (tertiary/aromatic N) is 5. The van der Waals surface area contributed by atoms with Crippen LogP contribution in [0.1, 0.15) is 41.4 Å². The van der Waals surface area contributed by atoms with Gasteiger partial charge in [0.2, 0.25) is 5.91 Å². The van der Waals surface area contributed by atoms with E-state index in [0.29, 0.717) is 12.3 Å². The fourth-order valence-electron chi connectivity index (χ4n) is 3.69. The van der Waals surface area contributed by atoms with Crippen molar-refractivity contribution in [1.29, 1.82) is 0 Å². The lowest BCUT2D eigenvalue weighted by Gasteiger charge is -2.32. The Kier molecular flexibility index (Phi) is 4.41. The van der Waals surface area contributed by atoms with Gasteiger partial charge in [-0.05, 0) is 44.4 Å². The van der Waals surface area contributed by atoms with E-state index in [9.17, 15) is 4.79 Å². The maximum atomic E-state index is 12.5. The molecular weight excluding hydrogens is 326 g/mol. The lowest BCUT2D eigenvalue weighted by molar-refractivity contribution is -0.131. The first kappa shape index (κ1) is 16.7. The molecule has 6 nitrogen and oxygen atoms in total. The molecule has 0 aliphatic carbocycles. The first-order valence-electron chi connectivity index (χ1n) is 9.11. The lowest BCUT2D eigenvalue weighted by Crippen LogP contribution is -2.39. The molecule has 1 aliphatic heterocycles. The summed E-state index contributed by atoms with van der Waals surface area (Å²) >= 11 is 0. The van der Waals surface area contributed by atoms with Crippen molar-refractivity contribution in [2.75, 3.05) is 13.1 Å². The topological polar surface area (TPSA) is 63.4 Å². The van der Waals surface area contributed by atoms with Crippen LogP contribution in [-0.2, 0) is 11.2 Å². The molecule has 0 saturated carbocycles. The summed E-state index contributed by atoms with van der Waals surface area (Å²) in [5.74, 6) is 0.582. The second-order valence-electron chi connectivity index (χ2n) is 7.07. The Hall–Kier alpha value is -2.76. The predicted octanol–water partition coefficient (Wildman–Crippen LogP) is 2.69. The van der Waals surface area contributed by atoms with Gasteiger partial charge in [0.1, 0.15) is 0 Å². The summed E-state index contributed by atoms with van der Waals surface area (Å²) in [6.07, 6.45) is 5.83. The number of piperidine rings is 1. The van der Waals surface area contributed by atoms with E-state index >= 15 is 0 Å². The highest BCUT2D eigenvalue weighted by atomic mass is 16.2. The van der Waals surface area contributed by atoms with Crippen LogP contribution >= 0.6 is 0 Å². The standard InChI is InChI=1S/C20H23N5O/c1-14-10-19-22-18(11-15(2)25(19)23-14)17-5-8-24(9-6-17)20(26)12-16-4-3-7-21-13-16/h3-4,7,10-11,13,17H,5-6,8-9,12H2,1-2H3. The maximum absolute atomic E-state index is 12.5. The molecule has 0 radical (unpaired) electrons. The fraction of sp³-hybridized carbons (Fsp3) is 0.400. The highest BCUT2D eigenvalue weighted by Gasteiger charge is 2.25. The minimum atomic E-state index is 0.183. The third-order valence-electron chi connectivity index (χ3n) is 5.09. The second-order valence-corrected chi connectivity index (χ2v) is 7.07. The van der Waals surface area contributed by atoms with Gasteiger partial charge in [-0.25, -0.2) is 9.50 Å². The number of amides is 1. The minimum Gasteiger partial charge on any atom is -0.342 e. The molecule has 6 heteroatoms. The molecule has 0 N–H and O–H groups in total. The summed E-state index contributed by atoms with van der Waals surface area (Å²) in [4.78, 5) is 23.4. The van der Waals surface area contributed by atoms with Crippen molar-refractivity contribution >= 4 is 11.6 Å². The third kappa shape index (κ3) is 3.31. The van der Waals surface area contributed by atoms with E-state index in [-0.39, 0.29) is 5.91 Å². The van der Waals surface area contributed by atoms with Gasteiger partial charge in [0.05, 0.1) is 12.1 Å². The number of likely N-dealkylation sites (tertiary alicyclic amines) is 1. The summed E-state index contributed by atoms with van der Waals surface area (Å²) in [5, 5.41) is 4.47. The molecule has 134 valence electrons. The van der Waals surface area contributed by atoms with Crippen LogP contribution < -0.4 is 0 Å². The van der Waals surface area contributed by atoms with Crippen LogP contribution in [0.4, 0.5) is 0 Å². The first-order valence-corrected chi connectivity index (χ1v) is 9.11. The van der Waals surface area contributed by atoms with Gasteiger partial charge < -0.3 is 4.90 Å². The van der Waals surface area contributed by atoms with Crippen LogP contribution in [0.5, 0.6) is 0 Å². The van der Waals surface area contributed by atoms with Gasteiger partial charge in [-0.2, -0.15) is 5.10 Å². The Morgan fingerprint density at radius 3 is 2.77 bits per heavy atom. The van der Waals surface area contributed by atoms with Crippen molar-refractivity contribution < 1.29 is 4.79 Å². The molecule has 1 fully saturated rings. The summed E-state index contributed by atoms with van der Waals surface area (Å²) in [6.45, 7) is 5.62. The normalized spacial score (nSPS) is 15.5. The zero-order valence-electron chi connectivity index (χ0n) is 15.2. The number of carbonyl (C=O) groups is 1. The van der Waals surface area contributed by atoms with Crippen LogP contribution in [0.2, 0.25) is 0 Å². The van der Waals surface area contributed by atoms with Crippen molar-refractivity contribution in [3.8, 4) is 0 Å². The van der Waals surface area contributed by atoms with Crippen molar-refractivity contribution in [3.63, 3.8) is 0 Å². The smallest absolute Gasteiger partial charge is 0.227 e. The van der Waals surface area contributed by atoms with Gasteiger partial charge in [0, 0.05) is 48.9 Å². The fourth-order valence-corrected chi connectivity index (χ4v) is 3.69. The highest BCUT2D eigenvalue weighted by molar-refractivity contribution is 5.78. The number of hydrogen-bond acceptors (Lipinski definition) is 4. The van der Waals surface area contributed by atoms with Gasteiger partial charge in [0.25, 0.3) is 0 Å². The third-order valence-corrected chi connectivity index (χ3v) is 5.09. The minimum absolute atomic E-state index is 0.183. The van der Waals surface area contributed by atoms with Gasteiger partial charge in [-0.3, -0.25) is 9.78 Å². The monoisotopic (exact) mass is 349 g/mol. The van der Waals surface area contributed by atoms with Crippen LogP contribution in [0, 0.1) is 13.8 Å². The van der Waals surface area contributed by atoms with Crippen molar-refractivity contribution in [1.82, 2.24) is 24.5 Å². The molecule has 0 unspecified atom stereocenters. The molecule has 1 aliphatic rings. The Morgan fingerprint density at radius 1 is 1.23 bits per heavy atom. The molecule has 4 heterocycles. The Labute approximate surface area is 152 Å². The summed E-state index contributed by atoms with van der Waals surface area (Å²) < 4.78 is 1.89. The zero-order chi connectivity index (χ0) is 18.1. The highest BCUT2D eigenvalue weighted by Crippen LogP contribution is 2.28. The molecule has 1 amide bonds. The molecule has 0 bridgehead atoms. The molecule has 0 atom stereocenters. The zero-order valence-corrected chi connectivity index (χ0v) is 15.2. The molecule has 3 aromatic rings. The molecule has 4 rings (SSSR count). The van der Waals surface area contributed by atoms with E-state index in [4.69, 9.17) is 4.98 Å². The Morgan fingerprint density at radius 2 is 2.04 bits per heavy atom. The number of pyridine rings is 1. The van der Waals surface area contributed by atoms with Crippen LogP contribution in [0.25, 0.3) is 5.65 Å². The van der Waals surface area contributed by atoms with E-state index in [0.717, 1.165) is 54.2 Å². The average Bonchev–Trinajstić information content (AvgIpc) is 3.03. The van der Waals surface area contributed by atoms with Crippen molar-refractivity contribution in [2.24, 2.45) is 0 Å². The lowest BCUT2D eigenvalue weighted by atomic mass is 9.92. The molecule has 1 saturated heterocycles. The van der Waals surface area contributed by atoms with Crippen LogP contribution in [0.3, 0.4) is 0 Å². The van der Waals surface area contributed by atoms with Crippen molar-refractivity contribution in [3.05, 3.63) is 59.3 Å². The first-order chi connectivity index (χ1) is 12.6. The van der Waals surface area contributed by atoms with E-state index in [1.165, 1.54) is 0 Å². The number of carbonyl (C=O) groups excluding carboxylic acids is 1. The van der Waals surface area contributed by atoms with E-state index in [1.54, 1.807) is 12.4 Å². The molecule has 3 aromatic heterocycles. The number of fused-ring (bicyclic) bond motifs is 1. The number of aromatic nitrogens is 4. The average molecular weight is 349 g/mol. The molecule has 26 heavy (non-hydrogen) atoms. The molecule has 0 aromatic carbocycles. The largest absolute Gasteiger partial charge is 0.342 e. The van der Waals surface area contributed by atoms with Crippen molar-refractivity contribution in [2.45, 2.75) is 39.0 Å². The van der Waals surface area contributed by atoms with E-state index in [1.807, 2.05) is 34.5 Å². The maximum Gasteiger partial charge on any atom is 0.227 e. The van der Waals surface area contributed by atoms with Crippen LogP contribution in [0.15, 0.2) is 36.7 Å². The summed E-state index contributed by atoms with van der Waals surface area (Å²) in [7, 11) is 0. The van der Waals surface area contributed by atoms with E-state index < -0.39 is 0 Å². The Bertz CT molecular complexity index is 926. The molecule has 0 spiro atoms. The summed E-state index contributed by atoms with van der Waals surface area (Å²) in [6, 6.07) is 7.98. The second kappa shape index (κ2) is 6.86. The Balaban J connectivity index is 1.42. The number of hydrogen-bond donors (Lipinski definition) is 0. The van der Waals surface area contributed by atoms with Gasteiger partial charge in [0.15, 0.2) is 5.65 Å². The number of aryl methyl sites for hydroxylation is 2. The quantitative estimate of drug-likeness (QED) is 0.729. The van der Waals surface area contributed by atoms with Gasteiger partial charge in [-0.1, -0.05) is 6.07 Å². The predicted molar refractivity (Wildman–Crippen MR) is 99.0 cm³/mol. The van der Waals surface area contributed by atoms with E-state index in [2.05, 4.69) is 23.1 Å². The summed E-state index contributed by atoms with van der Waals surface area (Å²) in [5.41, 5.74) is 5.09. The number of rotatable bonds is 3. The van der Waals surface area contributed by atoms with Gasteiger partial charge >= 0.3 is 0 Å².